The van der Waals surface area contributed by atoms with Crippen molar-refractivity contribution in [2.75, 3.05) is 0 Å². The standard InChI is InChI=1S/C6H4Br3N.C6H6Br2N2/c7-2-4-1-6(9)10-3-5(4)8;7-5-3-10-6(8)1-4(5)2-9/h1,3H,2H2;1,3H,2,9H2. The molecule has 2 aromatic heterocycles. The maximum absolute atomic E-state index is 5.44. The lowest BCUT2D eigenvalue weighted by molar-refractivity contribution is 1.04. The van der Waals surface area contributed by atoms with Gasteiger partial charge in [-0.05, 0) is 87.0 Å². The Bertz CT molecular complexity index is 526. The number of nitrogens with two attached hydrogens (primary N) is 1. The maximum atomic E-state index is 5.44. The van der Waals surface area contributed by atoms with E-state index in [0.717, 1.165) is 29.0 Å². The van der Waals surface area contributed by atoms with E-state index < -0.39 is 0 Å². The van der Waals surface area contributed by atoms with E-state index in [1.165, 1.54) is 5.56 Å². The Hall–Kier alpha value is 0.660. The summed E-state index contributed by atoms with van der Waals surface area (Å²) in [5.41, 5.74) is 7.69. The molecule has 3 nitrogen and oxygen atoms in total. The second-order valence-corrected chi connectivity index (χ2v) is 7.43. The Labute approximate surface area is 159 Å². The lowest BCUT2D eigenvalue weighted by atomic mass is 10.3. The minimum absolute atomic E-state index is 0.529. The molecular weight excluding hydrogens is 586 g/mol. The van der Waals surface area contributed by atoms with E-state index in [4.69, 9.17) is 5.73 Å². The summed E-state index contributed by atoms with van der Waals surface area (Å²) in [6, 6.07) is 3.86. The molecule has 0 fully saturated rings. The van der Waals surface area contributed by atoms with Crippen molar-refractivity contribution in [3.63, 3.8) is 0 Å². The van der Waals surface area contributed by atoms with Gasteiger partial charge in [0.25, 0.3) is 0 Å². The topological polar surface area (TPSA) is 51.8 Å². The van der Waals surface area contributed by atoms with Crippen LogP contribution >= 0.6 is 79.6 Å². The fraction of sp³-hybridized carbons (Fsp3) is 0.167. The van der Waals surface area contributed by atoms with Crippen LogP contribution < -0.4 is 5.73 Å². The van der Waals surface area contributed by atoms with Gasteiger partial charge in [0.1, 0.15) is 9.21 Å². The molecule has 0 aliphatic carbocycles. The molecule has 0 atom stereocenters. The van der Waals surface area contributed by atoms with Gasteiger partial charge in [0.2, 0.25) is 0 Å². The fourth-order valence-corrected chi connectivity index (χ4v) is 3.49. The third-order valence-corrected chi connectivity index (χ3v) is 5.07. The maximum Gasteiger partial charge on any atom is 0.106 e. The molecule has 0 spiro atoms. The first-order valence-electron chi connectivity index (χ1n) is 5.33. The van der Waals surface area contributed by atoms with Crippen molar-refractivity contribution in [2.24, 2.45) is 5.73 Å². The number of rotatable bonds is 2. The van der Waals surface area contributed by atoms with Gasteiger partial charge in [-0.1, -0.05) is 15.9 Å². The Kier molecular flexibility index (Phi) is 9.01. The average Bonchev–Trinajstić information content (AvgIpc) is 2.44. The smallest absolute Gasteiger partial charge is 0.106 e. The molecule has 0 saturated heterocycles. The summed E-state index contributed by atoms with van der Waals surface area (Å²) in [7, 11) is 0. The summed E-state index contributed by atoms with van der Waals surface area (Å²) in [4.78, 5) is 8.04. The highest BCUT2D eigenvalue weighted by Crippen LogP contribution is 2.21. The second kappa shape index (κ2) is 9.63. The molecule has 2 rings (SSSR count). The highest BCUT2D eigenvalue weighted by molar-refractivity contribution is 9.11. The number of halogens is 5. The molecule has 0 unspecified atom stereocenters. The van der Waals surface area contributed by atoms with Gasteiger partial charge >= 0.3 is 0 Å². The molecule has 108 valence electrons. The predicted molar refractivity (Wildman–Crippen MR) is 99.8 cm³/mol. The first-order valence-corrected chi connectivity index (χ1v) is 9.63. The van der Waals surface area contributed by atoms with E-state index in [2.05, 4.69) is 89.6 Å². The van der Waals surface area contributed by atoms with Crippen LogP contribution in [-0.4, -0.2) is 9.97 Å². The van der Waals surface area contributed by atoms with Gasteiger partial charge < -0.3 is 5.73 Å². The van der Waals surface area contributed by atoms with Crippen molar-refractivity contribution in [2.45, 2.75) is 11.9 Å². The van der Waals surface area contributed by atoms with Gasteiger partial charge in [0.05, 0.1) is 0 Å². The van der Waals surface area contributed by atoms with E-state index in [0.29, 0.717) is 6.54 Å². The van der Waals surface area contributed by atoms with Crippen molar-refractivity contribution in [1.82, 2.24) is 9.97 Å². The van der Waals surface area contributed by atoms with Gasteiger partial charge in [0, 0.05) is 33.2 Å². The van der Waals surface area contributed by atoms with E-state index in [-0.39, 0.29) is 0 Å². The van der Waals surface area contributed by atoms with Crippen LogP contribution in [0, 0.1) is 0 Å². The van der Waals surface area contributed by atoms with E-state index in [1.807, 2.05) is 12.1 Å². The summed E-state index contributed by atoms with van der Waals surface area (Å²) < 4.78 is 3.67. The van der Waals surface area contributed by atoms with Gasteiger partial charge in [-0.2, -0.15) is 0 Å². The Morgan fingerprint density at radius 3 is 1.65 bits per heavy atom. The monoisotopic (exact) mass is 591 g/mol. The highest BCUT2D eigenvalue weighted by atomic mass is 79.9. The summed E-state index contributed by atoms with van der Waals surface area (Å²) in [5, 5.41) is 0.842. The van der Waals surface area contributed by atoms with Crippen LogP contribution in [0.3, 0.4) is 0 Å². The van der Waals surface area contributed by atoms with Crippen LogP contribution in [0.2, 0.25) is 0 Å². The number of hydrogen-bond acceptors (Lipinski definition) is 3. The predicted octanol–water partition coefficient (Wildman–Crippen LogP) is 5.57. The van der Waals surface area contributed by atoms with Crippen LogP contribution in [0.1, 0.15) is 11.1 Å². The minimum Gasteiger partial charge on any atom is -0.326 e. The number of pyridine rings is 2. The molecule has 0 aliphatic heterocycles. The lowest BCUT2D eigenvalue weighted by Crippen LogP contribution is -1.97. The molecule has 0 aliphatic rings. The van der Waals surface area contributed by atoms with Crippen molar-refractivity contribution < 1.29 is 0 Å². The fourth-order valence-electron chi connectivity index (χ4n) is 1.16. The summed E-state index contributed by atoms with van der Waals surface area (Å²) in [6.45, 7) is 0.529. The lowest BCUT2D eigenvalue weighted by Gasteiger charge is -1.98. The van der Waals surface area contributed by atoms with E-state index in [9.17, 15) is 0 Å². The molecule has 2 aromatic rings. The van der Waals surface area contributed by atoms with E-state index >= 15 is 0 Å². The normalized spacial score (nSPS) is 9.90. The summed E-state index contributed by atoms with van der Waals surface area (Å²) >= 11 is 16.6. The zero-order valence-electron chi connectivity index (χ0n) is 10.1. The highest BCUT2D eigenvalue weighted by Gasteiger charge is 1.98. The number of nitrogens with zero attached hydrogens (tertiary/aromatic N) is 2. The first-order chi connectivity index (χ1) is 9.47. The molecule has 8 heteroatoms. The van der Waals surface area contributed by atoms with Crippen molar-refractivity contribution in [3.8, 4) is 0 Å². The Morgan fingerprint density at radius 1 is 0.850 bits per heavy atom. The van der Waals surface area contributed by atoms with Gasteiger partial charge in [0.15, 0.2) is 0 Å². The van der Waals surface area contributed by atoms with Gasteiger partial charge in [-0.3, -0.25) is 0 Å². The minimum atomic E-state index is 0.529. The largest absolute Gasteiger partial charge is 0.326 e. The summed E-state index contributed by atoms with van der Waals surface area (Å²) in [6.07, 6.45) is 3.51. The molecule has 2 heterocycles. The van der Waals surface area contributed by atoms with Crippen LogP contribution in [0.5, 0.6) is 0 Å². The second-order valence-electron chi connectivity index (χ2n) is 3.53. The quantitative estimate of drug-likeness (QED) is 0.365. The van der Waals surface area contributed by atoms with E-state index in [1.54, 1.807) is 12.4 Å². The van der Waals surface area contributed by atoms with Gasteiger partial charge in [-0.25, -0.2) is 9.97 Å². The molecule has 0 radical (unpaired) electrons. The zero-order chi connectivity index (χ0) is 15.1. The van der Waals surface area contributed by atoms with Crippen molar-refractivity contribution >= 4 is 79.6 Å². The Morgan fingerprint density at radius 2 is 1.30 bits per heavy atom. The van der Waals surface area contributed by atoms with Gasteiger partial charge in [-0.15, -0.1) is 0 Å². The molecule has 2 N–H and O–H groups in total. The summed E-state index contributed by atoms with van der Waals surface area (Å²) in [5.74, 6) is 0. The third kappa shape index (κ3) is 6.19. The van der Waals surface area contributed by atoms with Crippen LogP contribution in [0.15, 0.2) is 42.7 Å². The molecule has 0 bridgehead atoms. The number of hydrogen-bond donors (Lipinski definition) is 1. The molecular formula is C12H10Br5N3. The van der Waals surface area contributed by atoms with Crippen molar-refractivity contribution in [3.05, 3.63) is 53.8 Å². The zero-order valence-corrected chi connectivity index (χ0v) is 18.0. The SMILES string of the molecule is BrCc1cc(Br)ncc1Br.NCc1cc(Br)ncc1Br. The first kappa shape index (κ1) is 18.7. The van der Waals surface area contributed by atoms with Crippen molar-refractivity contribution in [1.29, 1.82) is 0 Å². The number of aromatic nitrogens is 2. The molecule has 0 aromatic carbocycles. The van der Waals surface area contributed by atoms with Crippen LogP contribution in [0.25, 0.3) is 0 Å². The molecule has 20 heavy (non-hydrogen) atoms. The number of alkyl halides is 1. The molecule has 0 amide bonds. The van der Waals surface area contributed by atoms with Crippen LogP contribution in [0.4, 0.5) is 0 Å². The third-order valence-electron chi connectivity index (χ3n) is 2.17. The average molecular weight is 596 g/mol. The molecule has 0 saturated carbocycles. The Balaban J connectivity index is 0.000000200. The van der Waals surface area contributed by atoms with Crippen LogP contribution in [-0.2, 0) is 11.9 Å².